The molecule has 1 unspecified atom stereocenters. The Morgan fingerprint density at radius 2 is 2.05 bits per heavy atom. The van der Waals surface area contributed by atoms with E-state index in [0.717, 1.165) is 33.6 Å². The van der Waals surface area contributed by atoms with Crippen LogP contribution in [0.1, 0.15) is 31.4 Å². The van der Waals surface area contributed by atoms with Gasteiger partial charge in [0.1, 0.15) is 5.82 Å². The highest BCUT2D eigenvalue weighted by Crippen LogP contribution is 2.39. The Morgan fingerprint density at radius 3 is 2.73 bits per heavy atom. The van der Waals surface area contributed by atoms with Crippen molar-refractivity contribution in [3.05, 3.63) is 36.3 Å². The van der Waals surface area contributed by atoms with E-state index in [-0.39, 0.29) is 0 Å². The van der Waals surface area contributed by atoms with Crippen molar-refractivity contribution in [3.63, 3.8) is 0 Å². The van der Waals surface area contributed by atoms with Crippen LogP contribution in [0.25, 0.3) is 22.2 Å². The van der Waals surface area contributed by atoms with Crippen LogP contribution in [0.5, 0.6) is 0 Å². The lowest BCUT2D eigenvalue weighted by Gasteiger charge is -2.09. The molecule has 0 spiro atoms. The van der Waals surface area contributed by atoms with E-state index >= 15 is 0 Å². The number of hydrogen-bond donors (Lipinski definition) is 1. The van der Waals surface area contributed by atoms with Crippen LogP contribution in [-0.4, -0.2) is 19.7 Å². The van der Waals surface area contributed by atoms with Crippen molar-refractivity contribution in [2.75, 3.05) is 5.73 Å². The highest BCUT2D eigenvalue weighted by Gasteiger charge is 2.29. The molecule has 2 aromatic heterocycles. The molecule has 0 amide bonds. The molecule has 0 bridgehead atoms. The lowest BCUT2D eigenvalue weighted by molar-refractivity contribution is 0.443. The molecule has 0 aliphatic heterocycles. The van der Waals surface area contributed by atoms with Gasteiger partial charge in [-0.2, -0.15) is 5.10 Å². The maximum atomic E-state index is 5.61. The van der Waals surface area contributed by atoms with E-state index in [1.165, 1.54) is 12.8 Å². The number of hydrogen-bond acceptors (Lipinski definition) is 4. The van der Waals surface area contributed by atoms with Gasteiger partial charge in [-0.15, -0.1) is 0 Å². The third kappa shape index (κ3) is 2.22. The fourth-order valence-corrected chi connectivity index (χ4v) is 2.97. The van der Waals surface area contributed by atoms with Crippen LogP contribution < -0.4 is 5.73 Å². The topological polar surface area (TPSA) is 69.6 Å². The van der Waals surface area contributed by atoms with Gasteiger partial charge in [-0.1, -0.05) is 0 Å². The van der Waals surface area contributed by atoms with Gasteiger partial charge in [-0.25, -0.2) is 4.98 Å². The van der Waals surface area contributed by atoms with Gasteiger partial charge in [0.2, 0.25) is 0 Å². The first-order valence-electron chi connectivity index (χ1n) is 7.69. The summed E-state index contributed by atoms with van der Waals surface area (Å²) in [5.74, 6) is 1.23. The predicted octanol–water partition coefficient (Wildman–Crippen LogP) is 3.35. The van der Waals surface area contributed by atoms with Gasteiger partial charge in [0.05, 0.1) is 29.6 Å². The average Bonchev–Trinajstić information content (AvgIpc) is 3.26. The fraction of sp³-hybridized carbons (Fsp3) is 0.353. The lowest BCUT2D eigenvalue weighted by Crippen LogP contribution is -2.07. The molecule has 5 nitrogen and oxygen atoms in total. The molecular weight excluding hydrogens is 274 g/mol. The molecule has 1 aromatic carbocycles. The Labute approximate surface area is 129 Å². The number of aryl methyl sites for hydroxylation is 1. The molecule has 2 N–H and O–H groups in total. The van der Waals surface area contributed by atoms with Gasteiger partial charge in [0, 0.05) is 17.1 Å². The number of rotatable bonds is 3. The van der Waals surface area contributed by atoms with Crippen LogP contribution in [0.2, 0.25) is 0 Å². The minimum absolute atomic E-state index is 0.438. The number of benzene rings is 1. The molecule has 1 aliphatic carbocycles. The summed E-state index contributed by atoms with van der Waals surface area (Å²) in [5.41, 5.74) is 9.73. The maximum Gasteiger partial charge on any atom is 0.141 e. The highest BCUT2D eigenvalue weighted by molar-refractivity contribution is 5.86. The molecular formula is C17H19N5. The predicted molar refractivity (Wildman–Crippen MR) is 87.3 cm³/mol. The number of nitrogen functional groups attached to an aromatic ring is 1. The number of nitrogens with zero attached hydrogens (tertiary/aromatic N) is 4. The molecule has 1 atom stereocenters. The summed E-state index contributed by atoms with van der Waals surface area (Å²) in [6.07, 6.45) is 8.10. The quantitative estimate of drug-likeness (QED) is 0.804. The van der Waals surface area contributed by atoms with Crippen LogP contribution in [0.4, 0.5) is 5.82 Å². The third-order valence-electron chi connectivity index (χ3n) is 4.51. The molecule has 3 aromatic rings. The van der Waals surface area contributed by atoms with Crippen molar-refractivity contribution in [1.29, 1.82) is 0 Å². The zero-order valence-electron chi connectivity index (χ0n) is 12.8. The van der Waals surface area contributed by atoms with E-state index in [1.54, 1.807) is 12.4 Å². The van der Waals surface area contributed by atoms with Gasteiger partial charge in [-0.3, -0.25) is 9.67 Å². The van der Waals surface area contributed by atoms with E-state index < -0.39 is 0 Å². The lowest BCUT2D eigenvalue weighted by atomic mass is 10.1. The minimum Gasteiger partial charge on any atom is -0.382 e. The molecule has 1 saturated carbocycles. The van der Waals surface area contributed by atoms with Crippen LogP contribution in [-0.2, 0) is 0 Å². The molecule has 22 heavy (non-hydrogen) atoms. The summed E-state index contributed by atoms with van der Waals surface area (Å²) in [6.45, 7) is 4.35. The Hall–Kier alpha value is -2.43. The standard InChI is InChI=1S/C17H19N5/c1-10-5-13(15-7-20-16(18)8-19-15)6-14-9-22(21-17(10)14)11(2)12-3-4-12/h5-9,11-12H,3-4H2,1-2H3,(H2,18,20). The fourth-order valence-electron chi connectivity index (χ4n) is 2.97. The monoisotopic (exact) mass is 293 g/mol. The summed E-state index contributed by atoms with van der Waals surface area (Å²) in [7, 11) is 0. The van der Waals surface area contributed by atoms with Crippen molar-refractivity contribution >= 4 is 16.7 Å². The molecule has 112 valence electrons. The van der Waals surface area contributed by atoms with Crippen molar-refractivity contribution in [1.82, 2.24) is 19.7 Å². The number of nitrogens with two attached hydrogens (primary N) is 1. The van der Waals surface area contributed by atoms with Crippen molar-refractivity contribution < 1.29 is 0 Å². The normalized spacial score (nSPS) is 16.1. The third-order valence-corrected chi connectivity index (χ3v) is 4.51. The van der Waals surface area contributed by atoms with E-state index in [1.807, 2.05) is 0 Å². The van der Waals surface area contributed by atoms with E-state index in [2.05, 4.69) is 46.8 Å². The number of aromatic nitrogens is 4. The molecule has 0 saturated heterocycles. The summed E-state index contributed by atoms with van der Waals surface area (Å²) in [4.78, 5) is 8.49. The second-order valence-electron chi connectivity index (χ2n) is 6.24. The Bertz CT molecular complexity index is 830. The summed E-state index contributed by atoms with van der Waals surface area (Å²) in [5, 5.41) is 5.94. The molecule has 5 heteroatoms. The largest absolute Gasteiger partial charge is 0.382 e. The van der Waals surface area contributed by atoms with Crippen LogP contribution in [0, 0.1) is 12.8 Å². The summed E-state index contributed by atoms with van der Waals surface area (Å²) < 4.78 is 2.12. The zero-order valence-corrected chi connectivity index (χ0v) is 12.8. The molecule has 4 rings (SSSR count). The molecule has 1 aliphatic rings. The van der Waals surface area contributed by atoms with Crippen LogP contribution >= 0.6 is 0 Å². The van der Waals surface area contributed by atoms with Gasteiger partial charge < -0.3 is 5.73 Å². The highest BCUT2D eigenvalue weighted by atomic mass is 15.3. The van der Waals surface area contributed by atoms with Crippen LogP contribution in [0.3, 0.4) is 0 Å². The Morgan fingerprint density at radius 1 is 1.23 bits per heavy atom. The SMILES string of the molecule is Cc1cc(-c2cnc(N)cn2)cc2cn(C(C)C3CC3)nc12. The first-order chi connectivity index (χ1) is 10.6. The molecule has 2 heterocycles. The number of fused-ring (bicyclic) bond motifs is 1. The van der Waals surface area contributed by atoms with E-state index in [9.17, 15) is 0 Å². The maximum absolute atomic E-state index is 5.61. The Balaban J connectivity index is 1.79. The van der Waals surface area contributed by atoms with Crippen molar-refractivity contribution in [3.8, 4) is 11.3 Å². The smallest absolute Gasteiger partial charge is 0.141 e. The van der Waals surface area contributed by atoms with Gasteiger partial charge >= 0.3 is 0 Å². The second-order valence-corrected chi connectivity index (χ2v) is 6.24. The van der Waals surface area contributed by atoms with Gasteiger partial charge in [-0.05, 0) is 50.3 Å². The average molecular weight is 293 g/mol. The van der Waals surface area contributed by atoms with Gasteiger partial charge in [0.15, 0.2) is 0 Å². The first-order valence-corrected chi connectivity index (χ1v) is 7.69. The zero-order chi connectivity index (χ0) is 15.3. The van der Waals surface area contributed by atoms with Crippen molar-refractivity contribution in [2.45, 2.75) is 32.7 Å². The molecule has 1 fully saturated rings. The van der Waals surface area contributed by atoms with Crippen LogP contribution in [0.15, 0.2) is 30.7 Å². The van der Waals surface area contributed by atoms with E-state index in [0.29, 0.717) is 11.9 Å². The number of anilines is 1. The van der Waals surface area contributed by atoms with Gasteiger partial charge in [0.25, 0.3) is 0 Å². The second kappa shape index (κ2) is 4.80. The summed E-state index contributed by atoms with van der Waals surface area (Å²) >= 11 is 0. The summed E-state index contributed by atoms with van der Waals surface area (Å²) in [6, 6.07) is 4.72. The van der Waals surface area contributed by atoms with Crippen molar-refractivity contribution in [2.24, 2.45) is 5.92 Å². The Kier molecular flexibility index (Phi) is 2.89. The minimum atomic E-state index is 0.438. The molecule has 0 radical (unpaired) electrons. The van der Waals surface area contributed by atoms with E-state index in [4.69, 9.17) is 10.8 Å². The first kappa shape index (κ1) is 13.2.